The number of para-hydroxylation sites is 1. The van der Waals surface area contributed by atoms with Gasteiger partial charge in [-0.15, -0.1) is 0 Å². The normalized spacial score (nSPS) is 11.3. The van der Waals surface area contributed by atoms with Crippen molar-refractivity contribution >= 4 is 17.4 Å². The first-order valence-electron chi connectivity index (χ1n) is 8.18. The van der Waals surface area contributed by atoms with Crippen LogP contribution in [0.1, 0.15) is 21.5 Å². The molecule has 146 valence electrons. The van der Waals surface area contributed by atoms with E-state index in [2.05, 4.69) is 10.4 Å². The van der Waals surface area contributed by atoms with Crippen molar-refractivity contribution in [3.63, 3.8) is 0 Å². The summed E-state index contributed by atoms with van der Waals surface area (Å²) in [5.41, 5.74) is 6.99. The monoisotopic (exact) mass is 390 g/mol. The van der Waals surface area contributed by atoms with E-state index in [1.807, 2.05) is 25.1 Å². The molecule has 28 heavy (non-hydrogen) atoms. The fraction of sp³-hybridized carbons (Fsp3) is 0.158. The molecular formula is C19H17F3N4O2. The molecule has 6 nitrogen and oxygen atoms in total. The summed E-state index contributed by atoms with van der Waals surface area (Å²) in [5.74, 6) is -0.624. The number of carbonyl (C=O) groups excluding carboxylic acids is 1. The molecule has 0 saturated carbocycles. The van der Waals surface area contributed by atoms with Gasteiger partial charge in [-0.05, 0) is 36.8 Å². The second-order valence-corrected chi connectivity index (χ2v) is 6.01. The quantitative estimate of drug-likeness (QED) is 0.704. The van der Waals surface area contributed by atoms with Gasteiger partial charge in [0, 0.05) is 0 Å². The Morgan fingerprint density at radius 1 is 1.21 bits per heavy atom. The van der Waals surface area contributed by atoms with Crippen LogP contribution in [-0.4, -0.2) is 22.8 Å². The van der Waals surface area contributed by atoms with Gasteiger partial charge < -0.3 is 15.8 Å². The summed E-state index contributed by atoms with van der Waals surface area (Å²) in [7, 11) is 1.22. The average molecular weight is 390 g/mol. The Hall–Kier alpha value is -3.49. The molecular weight excluding hydrogens is 373 g/mol. The van der Waals surface area contributed by atoms with Gasteiger partial charge in [0.15, 0.2) is 0 Å². The second-order valence-electron chi connectivity index (χ2n) is 6.01. The van der Waals surface area contributed by atoms with Crippen molar-refractivity contribution in [3.8, 4) is 11.4 Å². The molecule has 9 heteroatoms. The van der Waals surface area contributed by atoms with Gasteiger partial charge in [-0.2, -0.15) is 18.3 Å². The van der Waals surface area contributed by atoms with E-state index >= 15 is 0 Å². The minimum Gasteiger partial charge on any atom is -0.495 e. The highest BCUT2D eigenvalue weighted by molar-refractivity contribution is 6.08. The van der Waals surface area contributed by atoms with Crippen LogP contribution >= 0.6 is 0 Å². The van der Waals surface area contributed by atoms with E-state index in [1.165, 1.54) is 18.0 Å². The number of aromatic nitrogens is 2. The Labute approximate surface area is 158 Å². The molecule has 0 fully saturated rings. The summed E-state index contributed by atoms with van der Waals surface area (Å²) in [6.45, 7) is 1.88. The first-order valence-corrected chi connectivity index (χ1v) is 8.18. The third-order valence-electron chi connectivity index (χ3n) is 4.17. The highest BCUT2D eigenvalue weighted by Gasteiger charge is 2.31. The van der Waals surface area contributed by atoms with Gasteiger partial charge in [-0.25, -0.2) is 4.68 Å². The summed E-state index contributed by atoms with van der Waals surface area (Å²) in [5, 5.41) is 6.66. The van der Waals surface area contributed by atoms with Gasteiger partial charge in [-0.1, -0.05) is 18.2 Å². The van der Waals surface area contributed by atoms with E-state index < -0.39 is 17.6 Å². The van der Waals surface area contributed by atoms with Crippen LogP contribution < -0.4 is 15.8 Å². The van der Waals surface area contributed by atoms with Gasteiger partial charge in [0.1, 0.15) is 17.1 Å². The lowest BCUT2D eigenvalue weighted by atomic mass is 10.1. The van der Waals surface area contributed by atoms with Crippen LogP contribution in [0.25, 0.3) is 5.69 Å². The lowest BCUT2D eigenvalue weighted by molar-refractivity contribution is -0.137. The smallest absolute Gasteiger partial charge is 0.416 e. The topological polar surface area (TPSA) is 82.2 Å². The Kier molecular flexibility index (Phi) is 5.00. The first kappa shape index (κ1) is 19.3. The van der Waals surface area contributed by atoms with Crippen LogP contribution in [-0.2, 0) is 6.18 Å². The summed E-state index contributed by atoms with van der Waals surface area (Å²) in [6.07, 6.45) is -3.22. The summed E-state index contributed by atoms with van der Waals surface area (Å²) in [6, 6.07) is 10.2. The Morgan fingerprint density at radius 3 is 2.57 bits per heavy atom. The zero-order valence-corrected chi connectivity index (χ0v) is 15.0. The number of rotatable bonds is 4. The van der Waals surface area contributed by atoms with Crippen LogP contribution in [0.15, 0.2) is 48.7 Å². The molecule has 0 saturated heterocycles. The Morgan fingerprint density at radius 2 is 1.93 bits per heavy atom. The molecule has 0 aliphatic heterocycles. The van der Waals surface area contributed by atoms with Gasteiger partial charge in [0.2, 0.25) is 0 Å². The molecule has 0 atom stereocenters. The Balaban J connectivity index is 1.90. The number of benzene rings is 2. The zero-order chi connectivity index (χ0) is 20.5. The third kappa shape index (κ3) is 3.64. The van der Waals surface area contributed by atoms with Crippen LogP contribution in [0, 0.1) is 6.92 Å². The minimum absolute atomic E-state index is 0.0866. The second kappa shape index (κ2) is 7.26. The van der Waals surface area contributed by atoms with Crippen molar-refractivity contribution in [1.82, 2.24) is 9.78 Å². The maximum absolute atomic E-state index is 12.8. The van der Waals surface area contributed by atoms with Crippen molar-refractivity contribution < 1.29 is 22.7 Å². The van der Waals surface area contributed by atoms with Crippen LogP contribution in [0.3, 0.4) is 0 Å². The molecule has 2 aromatic carbocycles. The van der Waals surface area contributed by atoms with Gasteiger partial charge in [0.05, 0.1) is 30.2 Å². The zero-order valence-electron chi connectivity index (χ0n) is 15.0. The average Bonchev–Trinajstić information content (AvgIpc) is 3.03. The number of hydrogen-bond acceptors (Lipinski definition) is 4. The van der Waals surface area contributed by atoms with Gasteiger partial charge >= 0.3 is 6.18 Å². The maximum Gasteiger partial charge on any atom is 0.416 e. The standard InChI is InChI=1S/C19H17F3N4O2/c1-11-5-3-4-6-15(11)26-17(23)13(10-24-26)18(27)25-14-8-7-12(19(20,21)22)9-16(14)28-2/h3-10H,23H2,1-2H3,(H,25,27). The molecule has 3 aromatic rings. The van der Waals surface area contributed by atoms with E-state index in [4.69, 9.17) is 10.5 Å². The number of amides is 1. The number of nitrogens with zero attached hydrogens (tertiary/aromatic N) is 2. The van der Waals surface area contributed by atoms with Crippen LogP contribution in [0.2, 0.25) is 0 Å². The molecule has 0 unspecified atom stereocenters. The number of hydrogen-bond donors (Lipinski definition) is 2. The highest BCUT2D eigenvalue weighted by Crippen LogP contribution is 2.35. The molecule has 0 aliphatic rings. The van der Waals surface area contributed by atoms with Crippen molar-refractivity contribution in [2.75, 3.05) is 18.2 Å². The van der Waals surface area contributed by atoms with Crippen LogP contribution in [0.5, 0.6) is 5.75 Å². The van der Waals surface area contributed by atoms with Crippen molar-refractivity contribution in [2.45, 2.75) is 13.1 Å². The van der Waals surface area contributed by atoms with Crippen molar-refractivity contribution in [2.24, 2.45) is 0 Å². The fourth-order valence-corrected chi connectivity index (χ4v) is 2.69. The van der Waals surface area contributed by atoms with E-state index in [0.29, 0.717) is 5.69 Å². The molecule has 0 bridgehead atoms. The number of halogens is 3. The minimum atomic E-state index is -4.52. The number of alkyl halides is 3. The van der Waals surface area contributed by atoms with E-state index in [1.54, 1.807) is 6.07 Å². The van der Waals surface area contributed by atoms with Crippen LogP contribution in [0.4, 0.5) is 24.7 Å². The number of nitrogens with two attached hydrogens (primary N) is 1. The maximum atomic E-state index is 12.8. The number of aryl methyl sites for hydroxylation is 1. The lowest BCUT2D eigenvalue weighted by Crippen LogP contribution is -2.15. The molecule has 1 aromatic heterocycles. The van der Waals surface area contributed by atoms with Gasteiger partial charge in [-0.3, -0.25) is 4.79 Å². The van der Waals surface area contributed by atoms with Crippen molar-refractivity contribution in [1.29, 1.82) is 0 Å². The summed E-state index contributed by atoms with van der Waals surface area (Å²) in [4.78, 5) is 12.6. The molecule has 0 radical (unpaired) electrons. The number of nitrogens with one attached hydrogen (secondary N) is 1. The molecule has 1 heterocycles. The lowest BCUT2D eigenvalue weighted by Gasteiger charge is -2.13. The van der Waals surface area contributed by atoms with Gasteiger partial charge in [0.25, 0.3) is 5.91 Å². The number of methoxy groups -OCH3 is 1. The van der Waals surface area contributed by atoms with E-state index in [0.717, 1.165) is 23.8 Å². The first-order chi connectivity index (χ1) is 13.2. The number of ether oxygens (including phenoxy) is 1. The summed E-state index contributed by atoms with van der Waals surface area (Å²) < 4.78 is 44.9. The third-order valence-corrected chi connectivity index (χ3v) is 4.17. The Bertz CT molecular complexity index is 1030. The predicted octanol–water partition coefficient (Wildman–Crippen LogP) is 4.04. The molecule has 0 aliphatic carbocycles. The highest BCUT2D eigenvalue weighted by atomic mass is 19.4. The SMILES string of the molecule is COc1cc(C(F)(F)F)ccc1NC(=O)c1cnn(-c2ccccc2C)c1N. The number of anilines is 2. The number of nitrogen functional groups attached to an aromatic ring is 1. The summed E-state index contributed by atoms with van der Waals surface area (Å²) >= 11 is 0. The number of carbonyl (C=O) groups is 1. The fourth-order valence-electron chi connectivity index (χ4n) is 2.69. The van der Waals surface area contributed by atoms with E-state index in [9.17, 15) is 18.0 Å². The molecule has 1 amide bonds. The molecule has 0 spiro atoms. The van der Waals surface area contributed by atoms with E-state index in [-0.39, 0.29) is 22.8 Å². The van der Waals surface area contributed by atoms with Crippen molar-refractivity contribution in [3.05, 3.63) is 65.4 Å². The molecule has 3 N–H and O–H groups in total. The predicted molar refractivity (Wildman–Crippen MR) is 98.7 cm³/mol. The largest absolute Gasteiger partial charge is 0.495 e. The molecule has 3 rings (SSSR count).